The van der Waals surface area contributed by atoms with Gasteiger partial charge in [-0.05, 0) is 38.8 Å². The Morgan fingerprint density at radius 1 is 1.37 bits per heavy atom. The summed E-state index contributed by atoms with van der Waals surface area (Å²) in [5.41, 5.74) is 3.85. The Balaban J connectivity index is 2.72. The lowest BCUT2D eigenvalue weighted by atomic mass is 10.1. The highest BCUT2D eigenvalue weighted by Gasteiger charge is 2.19. The van der Waals surface area contributed by atoms with Gasteiger partial charge in [-0.3, -0.25) is 0 Å². The van der Waals surface area contributed by atoms with Crippen molar-refractivity contribution in [1.29, 1.82) is 0 Å². The minimum absolute atomic E-state index is 0.345. The summed E-state index contributed by atoms with van der Waals surface area (Å²) in [7, 11) is 0. The molecule has 0 unspecified atom stereocenters. The number of aryl methyl sites for hydroxylation is 1. The largest absolute Gasteiger partial charge is 0.389 e. The maximum absolute atomic E-state index is 14.1. The van der Waals surface area contributed by atoms with Crippen molar-refractivity contribution < 1.29 is 9.50 Å². The molecule has 1 atom stereocenters. The molecule has 0 saturated carbocycles. The number of hydrogen-bond donors (Lipinski definition) is 1. The number of benzene rings is 1. The number of aliphatic hydroxyl groups excluding tert-OH is 1. The predicted octanol–water partition coefficient (Wildman–Crippen LogP) is 3.24. The van der Waals surface area contributed by atoms with E-state index in [-0.39, 0.29) is 5.82 Å². The Kier molecular flexibility index (Phi) is 3.71. The first-order chi connectivity index (χ1) is 8.97. The number of nitrogens with zero attached hydrogens (tertiary/aromatic N) is 2. The van der Waals surface area contributed by atoms with Crippen LogP contribution in [0.4, 0.5) is 4.39 Å². The van der Waals surface area contributed by atoms with Crippen LogP contribution < -0.4 is 0 Å². The molecular formula is C15H19FN2O. The second kappa shape index (κ2) is 5.13. The van der Waals surface area contributed by atoms with Crippen molar-refractivity contribution in [2.75, 3.05) is 0 Å². The molecule has 0 aliphatic rings. The summed E-state index contributed by atoms with van der Waals surface area (Å²) in [6.45, 7) is 7.53. The molecule has 0 fully saturated rings. The normalized spacial score (nSPS) is 12.7. The molecule has 0 bridgehead atoms. The fraction of sp³-hybridized carbons (Fsp3) is 0.400. The van der Waals surface area contributed by atoms with Crippen molar-refractivity contribution >= 4 is 0 Å². The van der Waals surface area contributed by atoms with E-state index in [9.17, 15) is 9.50 Å². The Morgan fingerprint density at radius 3 is 2.58 bits per heavy atom. The molecule has 19 heavy (non-hydrogen) atoms. The zero-order valence-electron chi connectivity index (χ0n) is 11.7. The lowest BCUT2D eigenvalue weighted by molar-refractivity contribution is 0.198. The summed E-state index contributed by atoms with van der Waals surface area (Å²) in [4.78, 5) is 0. The first kappa shape index (κ1) is 13.7. The van der Waals surface area contributed by atoms with Gasteiger partial charge in [0.1, 0.15) is 11.5 Å². The molecule has 0 radical (unpaired) electrons. The summed E-state index contributed by atoms with van der Waals surface area (Å²) >= 11 is 0. The number of rotatable bonds is 3. The van der Waals surface area contributed by atoms with E-state index < -0.39 is 6.10 Å². The van der Waals surface area contributed by atoms with E-state index in [1.165, 1.54) is 6.07 Å². The third kappa shape index (κ3) is 2.28. The van der Waals surface area contributed by atoms with Crippen LogP contribution in [0.2, 0.25) is 0 Å². The molecule has 0 aliphatic heterocycles. The van der Waals surface area contributed by atoms with E-state index in [1.807, 2.05) is 13.8 Å². The van der Waals surface area contributed by atoms with Gasteiger partial charge < -0.3 is 5.11 Å². The third-order valence-corrected chi connectivity index (χ3v) is 3.47. The van der Waals surface area contributed by atoms with Crippen LogP contribution in [-0.2, 0) is 6.42 Å². The second-order valence-corrected chi connectivity index (χ2v) is 4.77. The van der Waals surface area contributed by atoms with Crippen molar-refractivity contribution in [1.82, 2.24) is 9.78 Å². The van der Waals surface area contributed by atoms with Crippen molar-refractivity contribution in [3.05, 3.63) is 46.5 Å². The fourth-order valence-electron chi connectivity index (χ4n) is 2.50. The molecule has 1 heterocycles. The van der Waals surface area contributed by atoms with E-state index >= 15 is 0 Å². The van der Waals surface area contributed by atoms with Gasteiger partial charge in [0, 0.05) is 11.3 Å². The van der Waals surface area contributed by atoms with Crippen molar-refractivity contribution in [3.8, 4) is 5.69 Å². The quantitative estimate of drug-likeness (QED) is 0.922. The highest BCUT2D eigenvalue weighted by molar-refractivity contribution is 5.45. The van der Waals surface area contributed by atoms with Gasteiger partial charge >= 0.3 is 0 Å². The Labute approximate surface area is 112 Å². The monoisotopic (exact) mass is 262 g/mol. The van der Waals surface area contributed by atoms with E-state index in [0.29, 0.717) is 11.3 Å². The summed E-state index contributed by atoms with van der Waals surface area (Å²) in [6, 6.07) is 4.72. The highest BCUT2D eigenvalue weighted by atomic mass is 19.1. The molecule has 0 saturated heterocycles. The maximum Gasteiger partial charge on any atom is 0.149 e. The summed E-state index contributed by atoms with van der Waals surface area (Å²) in [6.07, 6.45) is 0.121. The van der Waals surface area contributed by atoms with Gasteiger partial charge in [-0.1, -0.05) is 19.1 Å². The number of hydrogen-bond acceptors (Lipinski definition) is 2. The predicted molar refractivity (Wildman–Crippen MR) is 73.0 cm³/mol. The first-order valence-electron chi connectivity index (χ1n) is 6.49. The number of aliphatic hydroxyl groups is 1. The molecule has 1 aromatic carbocycles. The lowest BCUT2D eigenvalue weighted by Crippen LogP contribution is -2.08. The summed E-state index contributed by atoms with van der Waals surface area (Å²) in [5, 5.41) is 14.2. The Bertz CT molecular complexity index is 602. The minimum atomic E-state index is -0.736. The van der Waals surface area contributed by atoms with Gasteiger partial charge in [-0.15, -0.1) is 0 Å². The number of halogens is 1. The first-order valence-corrected chi connectivity index (χ1v) is 6.49. The van der Waals surface area contributed by atoms with Crippen LogP contribution >= 0.6 is 0 Å². The Morgan fingerprint density at radius 2 is 2.05 bits per heavy atom. The minimum Gasteiger partial charge on any atom is -0.389 e. The van der Waals surface area contributed by atoms with Gasteiger partial charge in [0.15, 0.2) is 0 Å². The standard InChI is InChI=1S/C15H19FN2O/c1-5-12-9(2)17-18(10(12)3)15-13(11(4)19)7-6-8-14(15)16/h6-8,11,19H,5H2,1-4H3/t11-/m0/s1. The molecule has 4 heteroatoms. The smallest absolute Gasteiger partial charge is 0.149 e. The zero-order chi connectivity index (χ0) is 14.2. The molecule has 2 rings (SSSR count). The molecule has 0 spiro atoms. The van der Waals surface area contributed by atoms with Crippen LogP contribution in [0.1, 0.15) is 42.5 Å². The molecule has 102 valence electrons. The van der Waals surface area contributed by atoms with Gasteiger partial charge in [0.25, 0.3) is 0 Å². The average Bonchev–Trinajstić information content (AvgIpc) is 2.63. The molecule has 1 aromatic heterocycles. The second-order valence-electron chi connectivity index (χ2n) is 4.77. The van der Waals surface area contributed by atoms with Gasteiger partial charge in [0.2, 0.25) is 0 Å². The van der Waals surface area contributed by atoms with Crippen molar-refractivity contribution in [2.45, 2.75) is 40.2 Å². The maximum atomic E-state index is 14.1. The van der Waals surface area contributed by atoms with Crippen LogP contribution in [0.3, 0.4) is 0 Å². The number of aromatic nitrogens is 2. The third-order valence-electron chi connectivity index (χ3n) is 3.47. The van der Waals surface area contributed by atoms with E-state index in [4.69, 9.17) is 0 Å². The lowest BCUT2D eigenvalue weighted by Gasteiger charge is -2.14. The van der Waals surface area contributed by atoms with Crippen LogP contribution in [0.15, 0.2) is 18.2 Å². The van der Waals surface area contributed by atoms with Crippen LogP contribution in [0.5, 0.6) is 0 Å². The molecule has 3 nitrogen and oxygen atoms in total. The van der Waals surface area contributed by atoms with Crippen LogP contribution in [-0.4, -0.2) is 14.9 Å². The molecule has 1 N–H and O–H groups in total. The van der Waals surface area contributed by atoms with Crippen LogP contribution in [0, 0.1) is 19.7 Å². The van der Waals surface area contributed by atoms with Crippen molar-refractivity contribution in [2.24, 2.45) is 0 Å². The highest BCUT2D eigenvalue weighted by Crippen LogP contribution is 2.27. The topological polar surface area (TPSA) is 38.0 Å². The molecule has 0 amide bonds. The van der Waals surface area contributed by atoms with Crippen molar-refractivity contribution in [3.63, 3.8) is 0 Å². The SMILES string of the molecule is CCc1c(C)nn(-c2c(F)cccc2[C@H](C)O)c1C. The molecular weight excluding hydrogens is 243 g/mol. The molecule has 0 aliphatic carbocycles. The van der Waals surface area contributed by atoms with Crippen LogP contribution in [0.25, 0.3) is 5.69 Å². The Hall–Kier alpha value is -1.68. The van der Waals surface area contributed by atoms with Gasteiger partial charge in [-0.25, -0.2) is 9.07 Å². The molecule has 2 aromatic rings. The zero-order valence-corrected chi connectivity index (χ0v) is 11.7. The van der Waals surface area contributed by atoms with Gasteiger partial charge in [-0.2, -0.15) is 5.10 Å². The summed E-state index contributed by atoms with van der Waals surface area (Å²) in [5.74, 6) is -0.369. The van der Waals surface area contributed by atoms with E-state index in [2.05, 4.69) is 12.0 Å². The average molecular weight is 262 g/mol. The van der Waals surface area contributed by atoms with Gasteiger partial charge in [0.05, 0.1) is 11.8 Å². The van der Waals surface area contributed by atoms with E-state index in [1.54, 1.807) is 23.7 Å². The fourth-order valence-corrected chi connectivity index (χ4v) is 2.50. The summed E-state index contributed by atoms with van der Waals surface area (Å²) < 4.78 is 15.8. The number of para-hydroxylation sites is 1. The van der Waals surface area contributed by atoms with E-state index in [0.717, 1.165) is 23.4 Å².